The van der Waals surface area contributed by atoms with Crippen LogP contribution in [-0.2, 0) is 6.54 Å². The first-order valence-electron chi connectivity index (χ1n) is 12.7. The molecular formula is C27H37N5O2. The van der Waals surface area contributed by atoms with E-state index >= 15 is 0 Å². The van der Waals surface area contributed by atoms with E-state index in [0.717, 1.165) is 69.7 Å². The summed E-state index contributed by atoms with van der Waals surface area (Å²) in [4.78, 5) is 37.1. The molecule has 1 N–H and O–H groups in total. The van der Waals surface area contributed by atoms with Crippen molar-refractivity contribution in [1.82, 2.24) is 20.1 Å². The number of nitrogens with one attached hydrogen (secondary N) is 1. The fourth-order valence-electron chi connectivity index (χ4n) is 4.81. The summed E-state index contributed by atoms with van der Waals surface area (Å²) < 4.78 is 0. The van der Waals surface area contributed by atoms with E-state index in [1.54, 1.807) is 18.5 Å². The number of aromatic nitrogens is 1. The van der Waals surface area contributed by atoms with Crippen molar-refractivity contribution in [3.8, 4) is 0 Å². The van der Waals surface area contributed by atoms with Crippen molar-refractivity contribution in [3.63, 3.8) is 0 Å². The van der Waals surface area contributed by atoms with Gasteiger partial charge in [0.15, 0.2) is 0 Å². The summed E-state index contributed by atoms with van der Waals surface area (Å²) in [7, 11) is 2.11. The third-order valence-corrected chi connectivity index (χ3v) is 6.83. The lowest BCUT2D eigenvalue weighted by Gasteiger charge is -2.27. The molecule has 2 aliphatic heterocycles. The van der Waals surface area contributed by atoms with E-state index < -0.39 is 0 Å². The van der Waals surface area contributed by atoms with Crippen LogP contribution in [0.5, 0.6) is 0 Å². The number of carbonyl (C=O) groups is 2. The Labute approximate surface area is 203 Å². The van der Waals surface area contributed by atoms with Crippen molar-refractivity contribution in [2.24, 2.45) is 0 Å². The summed E-state index contributed by atoms with van der Waals surface area (Å²) in [6, 6.07) is 9.47. The molecule has 182 valence electrons. The first-order chi connectivity index (χ1) is 16.6. The molecule has 7 heteroatoms. The lowest BCUT2D eigenvalue weighted by Crippen LogP contribution is -2.35. The molecule has 1 fully saturated rings. The van der Waals surface area contributed by atoms with Crippen LogP contribution in [-0.4, -0.2) is 72.9 Å². The Morgan fingerprint density at radius 3 is 2.56 bits per heavy atom. The molecule has 1 aromatic heterocycles. The van der Waals surface area contributed by atoms with Crippen LogP contribution in [0.3, 0.4) is 0 Å². The summed E-state index contributed by atoms with van der Waals surface area (Å²) in [5.74, 6) is 0.0374. The molecule has 0 bridgehead atoms. The number of fused-ring (bicyclic) bond motifs is 1. The monoisotopic (exact) mass is 463 g/mol. The summed E-state index contributed by atoms with van der Waals surface area (Å²) >= 11 is 0. The van der Waals surface area contributed by atoms with Gasteiger partial charge in [-0.25, -0.2) is 0 Å². The lowest BCUT2D eigenvalue weighted by atomic mass is 10.0. The minimum Gasteiger partial charge on any atom is -0.337 e. The smallest absolute Gasteiger partial charge is 0.259 e. The first-order valence-corrected chi connectivity index (χ1v) is 12.7. The van der Waals surface area contributed by atoms with Gasteiger partial charge in [-0.15, -0.1) is 0 Å². The highest BCUT2D eigenvalue weighted by Gasteiger charge is 2.24. The zero-order valence-corrected chi connectivity index (χ0v) is 20.3. The summed E-state index contributed by atoms with van der Waals surface area (Å²) in [5, 5.41) is 3.54. The number of pyridine rings is 1. The van der Waals surface area contributed by atoms with Crippen molar-refractivity contribution >= 4 is 17.5 Å². The molecule has 0 atom stereocenters. The van der Waals surface area contributed by atoms with Gasteiger partial charge in [0.2, 0.25) is 0 Å². The predicted molar refractivity (Wildman–Crippen MR) is 135 cm³/mol. The molecule has 0 unspecified atom stereocenters. The Kier molecular flexibility index (Phi) is 8.66. The maximum absolute atomic E-state index is 13.5. The van der Waals surface area contributed by atoms with E-state index in [-0.39, 0.29) is 11.8 Å². The van der Waals surface area contributed by atoms with Gasteiger partial charge in [0.1, 0.15) is 0 Å². The fraction of sp³-hybridized carbons (Fsp3) is 0.519. The number of benzene rings is 1. The van der Waals surface area contributed by atoms with Crippen molar-refractivity contribution in [2.45, 2.75) is 45.1 Å². The molecule has 0 radical (unpaired) electrons. The van der Waals surface area contributed by atoms with E-state index in [1.807, 2.05) is 34.1 Å². The highest BCUT2D eigenvalue weighted by molar-refractivity contribution is 6.06. The lowest BCUT2D eigenvalue weighted by molar-refractivity contribution is 0.0762. The van der Waals surface area contributed by atoms with E-state index in [4.69, 9.17) is 0 Å². The van der Waals surface area contributed by atoms with Crippen molar-refractivity contribution in [1.29, 1.82) is 0 Å². The van der Waals surface area contributed by atoms with Gasteiger partial charge in [0.05, 0.1) is 5.56 Å². The summed E-state index contributed by atoms with van der Waals surface area (Å²) in [5.41, 5.74) is 3.16. The first kappa shape index (κ1) is 24.4. The quantitative estimate of drug-likeness (QED) is 0.738. The minimum atomic E-state index is -0.0407. The number of nitrogens with zero attached hydrogens (tertiary/aromatic N) is 4. The van der Waals surface area contributed by atoms with Crippen LogP contribution in [0.2, 0.25) is 0 Å². The second kappa shape index (κ2) is 12.1. The standard InChI is InChI=1S/C27H37N5O2/c1-30-14-8-15-31(18-17-30)26(33)22-10-11-25-24(19-22)21-28-12-5-3-2-4-6-16-32(25)27(34)23-9-7-13-29-20-23/h7,9-11,13,19-20,28H,2-6,8,12,14-18,21H2,1H3. The number of hydrogen-bond donors (Lipinski definition) is 1. The second-order valence-corrected chi connectivity index (χ2v) is 9.44. The fourth-order valence-corrected chi connectivity index (χ4v) is 4.81. The third kappa shape index (κ3) is 6.21. The van der Waals surface area contributed by atoms with Crippen molar-refractivity contribution in [3.05, 3.63) is 59.4 Å². The second-order valence-electron chi connectivity index (χ2n) is 9.44. The zero-order valence-electron chi connectivity index (χ0n) is 20.3. The van der Waals surface area contributed by atoms with Gasteiger partial charge in [-0.2, -0.15) is 0 Å². The SMILES string of the molecule is CN1CCCN(C(=O)c2ccc3c(c2)CNCCCCCCCN3C(=O)c2cccnc2)CC1. The number of anilines is 1. The van der Waals surface area contributed by atoms with Crippen LogP contribution in [0.1, 0.15) is 64.8 Å². The van der Waals surface area contributed by atoms with Crippen LogP contribution in [0.15, 0.2) is 42.7 Å². The Balaban J connectivity index is 1.64. The largest absolute Gasteiger partial charge is 0.337 e. The van der Waals surface area contributed by atoms with Gasteiger partial charge in [-0.05, 0) is 75.3 Å². The van der Waals surface area contributed by atoms with Crippen LogP contribution in [0.25, 0.3) is 0 Å². The molecule has 34 heavy (non-hydrogen) atoms. The van der Waals surface area contributed by atoms with Crippen molar-refractivity contribution < 1.29 is 9.59 Å². The van der Waals surface area contributed by atoms with Gasteiger partial charge in [0, 0.05) is 56.4 Å². The number of likely N-dealkylation sites (N-methyl/N-ethyl adjacent to an activating group) is 1. The Hall–Kier alpha value is -2.77. The highest BCUT2D eigenvalue weighted by Crippen LogP contribution is 2.26. The highest BCUT2D eigenvalue weighted by atomic mass is 16.2. The molecule has 0 spiro atoms. The zero-order chi connectivity index (χ0) is 23.8. The van der Waals surface area contributed by atoms with Gasteiger partial charge in [0.25, 0.3) is 11.8 Å². The molecule has 2 aliphatic rings. The molecule has 4 rings (SSSR count). The Morgan fingerprint density at radius 2 is 1.71 bits per heavy atom. The average molecular weight is 464 g/mol. The normalized spacial score (nSPS) is 18.9. The molecule has 1 saturated heterocycles. The predicted octanol–water partition coefficient (Wildman–Crippen LogP) is 3.56. The molecule has 7 nitrogen and oxygen atoms in total. The summed E-state index contributed by atoms with van der Waals surface area (Å²) in [6.07, 6.45) is 9.89. The van der Waals surface area contributed by atoms with Crippen molar-refractivity contribution in [2.75, 3.05) is 51.2 Å². The maximum Gasteiger partial charge on any atom is 0.259 e. The number of rotatable bonds is 2. The van der Waals surface area contributed by atoms with E-state index in [9.17, 15) is 9.59 Å². The Bertz CT molecular complexity index is 965. The number of amides is 2. The topological polar surface area (TPSA) is 68.8 Å². The maximum atomic E-state index is 13.5. The third-order valence-electron chi connectivity index (χ3n) is 6.83. The minimum absolute atomic E-state index is 0.0407. The van der Waals surface area contributed by atoms with Gasteiger partial charge < -0.3 is 20.0 Å². The molecule has 2 amide bonds. The van der Waals surface area contributed by atoms with Crippen LogP contribution >= 0.6 is 0 Å². The summed E-state index contributed by atoms with van der Waals surface area (Å²) in [6.45, 7) is 5.67. The molecule has 2 aromatic rings. The Morgan fingerprint density at radius 1 is 0.853 bits per heavy atom. The van der Waals surface area contributed by atoms with Gasteiger partial charge >= 0.3 is 0 Å². The molecule has 1 aromatic carbocycles. The van der Waals surface area contributed by atoms with Gasteiger partial charge in [-0.3, -0.25) is 14.6 Å². The van der Waals surface area contributed by atoms with Crippen LogP contribution in [0.4, 0.5) is 5.69 Å². The average Bonchev–Trinajstić information content (AvgIpc) is 3.08. The van der Waals surface area contributed by atoms with E-state index in [1.165, 1.54) is 12.8 Å². The van der Waals surface area contributed by atoms with Crippen LogP contribution < -0.4 is 10.2 Å². The van der Waals surface area contributed by atoms with E-state index in [0.29, 0.717) is 24.2 Å². The molecule has 3 heterocycles. The van der Waals surface area contributed by atoms with Gasteiger partial charge in [-0.1, -0.05) is 19.3 Å². The molecule has 0 aliphatic carbocycles. The molecular weight excluding hydrogens is 426 g/mol. The number of carbonyl (C=O) groups excluding carboxylic acids is 2. The molecule has 0 saturated carbocycles. The van der Waals surface area contributed by atoms with E-state index in [2.05, 4.69) is 22.2 Å². The van der Waals surface area contributed by atoms with Crippen LogP contribution in [0, 0.1) is 0 Å². The number of hydrogen-bond acceptors (Lipinski definition) is 5.